The summed E-state index contributed by atoms with van der Waals surface area (Å²) in [4.78, 5) is 26.9. The molecule has 0 aliphatic carbocycles. The third-order valence-electron chi connectivity index (χ3n) is 5.51. The zero-order valence-electron chi connectivity index (χ0n) is 18.4. The van der Waals surface area contributed by atoms with E-state index in [0.717, 1.165) is 15.9 Å². The first-order valence-corrected chi connectivity index (χ1v) is 11.6. The summed E-state index contributed by atoms with van der Waals surface area (Å²) in [5.41, 5.74) is 5.56. The molecular formula is C25H17ClN4O3S. The first kappa shape index (κ1) is 22.0. The van der Waals surface area contributed by atoms with Gasteiger partial charge in [-0.1, -0.05) is 11.6 Å². The molecule has 0 unspecified atom stereocenters. The van der Waals surface area contributed by atoms with Crippen LogP contribution < -0.4 is 10.2 Å². The zero-order valence-corrected chi connectivity index (χ0v) is 20.0. The van der Waals surface area contributed by atoms with Crippen LogP contribution in [0.3, 0.4) is 0 Å². The minimum Gasteiger partial charge on any atom is -0.483 e. The Balaban J connectivity index is 1.68. The van der Waals surface area contributed by atoms with Crippen molar-refractivity contribution < 1.29 is 9.15 Å². The van der Waals surface area contributed by atoms with Crippen molar-refractivity contribution in [2.45, 2.75) is 26.9 Å². The summed E-state index contributed by atoms with van der Waals surface area (Å²) in [5.74, 6) is 0.727. The molecule has 0 aliphatic heterocycles. The molecule has 1 aromatic carbocycles. The lowest BCUT2D eigenvalue weighted by molar-refractivity contribution is 0.225. The van der Waals surface area contributed by atoms with E-state index in [0.29, 0.717) is 39.2 Å². The topological polar surface area (TPSA) is 102 Å². The highest BCUT2D eigenvalue weighted by molar-refractivity contribution is 7.16. The summed E-state index contributed by atoms with van der Waals surface area (Å²) in [6.45, 7) is 5.47. The number of nitriles is 1. The highest BCUT2D eigenvalue weighted by Gasteiger charge is 2.21. The fourth-order valence-electron chi connectivity index (χ4n) is 3.88. The molecule has 1 atom stereocenters. The zero-order chi connectivity index (χ0) is 24.0. The Morgan fingerprint density at radius 3 is 2.82 bits per heavy atom. The van der Waals surface area contributed by atoms with E-state index in [-0.39, 0.29) is 16.3 Å². The second-order valence-corrected chi connectivity index (χ2v) is 9.09. The first-order valence-electron chi connectivity index (χ1n) is 10.4. The van der Waals surface area contributed by atoms with E-state index in [9.17, 15) is 10.1 Å². The van der Waals surface area contributed by atoms with Gasteiger partial charge in [0, 0.05) is 22.9 Å². The number of ether oxygens (including phenoxy) is 1. The van der Waals surface area contributed by atoms with E-state index in [2.05, 4.69) is 15.0 Å². The van der Waals surface area contributed by atoms with Crippen LogP contribution in [0.5, 0.6) is 5.75 Å². The van der Waals surface area contributed by atoms with Gasteiger partial charge in [0.05, 0.1) is 10.9 Å². The van der Waals surface area contributed by atoms with Crippen molar-refractivity contribution in [1.29, 1.82) is 5.26 Å². The van der Waals surface area contributed by atoms with E-state index in [1.807, 2.05) is 32.0 Å². The largest absolute Gasteiger partial charge is 0.483 e. The normalized spacial score (nSPS) is 12.1. The predicted octanol–water partition coefficient (Wildman–Crippen LogP) is 6.14. The number of nitrogens with zero attached hydrogens (tertiary/aromatic N) is 4. The fraction of sp³-hybridized carbons (Fsp3) is 0.160. The maximum atomic E-state index is 13.4. The van der Waals surface area contributed by atoms with Crippen LogP contribution in [0.25, 0.3) is 32.6 Å². The summed E-state index contributed by atoms with van der Waals surface area (Å²) < 4.78 is 12.4. The number of halogens is 1. The summed E-state index contributed by atoms with van der Waals surface area (Å²) in [6, 6.07) is 10.7. The molecule has 0 aliphatic rings. The summed E-state index contributed by atoms with van der Waals surface area (Å²) in [7, 11) is 0. The fourth-order valence-corrected chi connectivity index (χ4v) is 4.64. The summed E-state index contributed by atoms with van der Waals surface area (Å²) >= 11 is 7.35. The Morgan fingerprint density at radius 2 is 2.03 bits per heavy atom. The van der Waals surface area contributed by atoms with Crippen molar-refractivity contribution in [1.82, 2.24) is 15.0 Å². The van der Waals surface area contributed by atoms with Gasteiger partial charge in [0.25, 0.3) is 0 Å². The molecule has 5 rings (SSSR count). The highest BCUT2D eigenvalue weighted by atomic mass is 35.5. The smallest absolute Gasteiger partial charge is 0.196 e. The number of rotatable bonds is 4. The molecule has 0 N–H and O–H groups in total. The molecule has 9 heteroatoms. The molecule has 0 radical (unpaired) electrons. The van der Waals surface area contributed by atoms with Gasteiger partial charge in [-0.25, -0.2) is 15.0 Å². The highest BCUT2D eigenvalue weighted by Crippen LogP contribution is 2.34. The third-order valence-corrected chi connectivity index (χ3v) is 6.47. The maximum Gasteiger partial charge on any atom is 0.196 e. The standard InChI is InChI=1S/C25H17ClN4O3S/c1-12-6-16(14(3)32-20-4-5-21(26)30-19(20)9-27)24-17(7-12)22(31)13(2)23(33-24)15-8-18-25(28-10-15)34-11-29-18/h4-8,10-11,14H,1-3H3/t14-/m1/s1. The van der Waals surface area contributed by atoms with Crippen molar-refractivity contribution in [2.24, 2.45) is 0 Å². The lowest BCUT2D eigenvalue weighted by Gasteiger charge is -2.18. The Hall–Kier alpha value is -3.80. The van der Waals surface area contributed by atoms with Crippen LogP contribution in [0.4, 0.5) is 0 Å². The Labute approximate surface area is 203 Å². The van der Waals surface area contributed by atoms with Crippen LogP contribution >= 0.6 is 22.9 Å². The Kier molecular flexibility index (Phi) is 5.52. The van der Waals surface area contributed by atoms with E-state index >= 15 is 0 Å². The number of fused-ring (bicyclic) bond motifs is 2. The lowest BCUT2D eigenvalue weighted by Crippen LogP contribution is -2.12. The average molecular weight is 489 g/mol. The third kappa shape index (κ3) is 3.79. The first-order chi connectivity index (χ1) is 16.4. The molecule has 4 heterocycles. The molecule has 168 valence electrons. The number of hydrogen-bond acceptors (Lipinski definition) is 8. The van der Waals surface area contributed by atoms with Crippen LogP contribution in [0.2, 0.25) is 5.15 Å². The molecular weight excluding hydrogens is 472 g/mol. The molecule has 4 aromatic heterocycles. The van der Waals surface area contributed by atoms with Crippen molar-refractivity contribution in [3.05, 3.63) is 79.8 Å². The molecule has 0 spiro atoms. The van der Waals surface area contributed by atoms with Crippen molar-refractivity contribution in [3.63, 3.8) is 0 Å². The molecule has 0 saturated carbocycles. The molecule has 0 bridgehead atoms. The quantitative estimate of drug-likeness (QED) is 0.280. The molecule has 0 saturated heterocycles. The number of thiazole rings is 1. The van der Waals surface area contributed by atoms with Gasteiger partial charge in [-0.3, -0.25) is 4.79 Å². The maximum absolute atomic E-state index is 13.4. The number of pyridine rings is 2. The van der Waals surface area contributed by atoms with E-state index in [1.54, 1.807) is 36.8 Å². The van der Waals surface area contributed by atoms with Gasteiger partial charge >= 0.3 is 0 Å². The van der Waals surface area contributed by atoms with Crippen LogP contribution in [-0.4, -0.2) is 15.0 Å². The second kappa shape index (κ2) is 8.52. The summed E-state index contributed by atoms with van der Waals surface area (Å²) in [5, 5.41) is 10.1. The molecule has 5 aromatic rings. The van der Waals surface area contributed by atoms with Crippen molar-refractivity contribution in [2.75, 3.05) is 0 Å². The number of aromatic nitrogens is 3. The van der Waals surface area contributed by atoms with Crippen molar-refractivity contribution >= 4 is 44.3 Å². The monoisotopic (exact) mass is 488 g/mol. The van der Waals surface area contributed by atoms with Gasteiger partial charge in [-0.15, -0.1) is 11.3 Å². The van der Waals surface area contributed by atoms with Gasteiger partial charge in [-0.05, 0) is 56.7 Å². The van der Waals surface area contributed by atoms with Gasteiger partial charge in [0.1, 0.15) is 39.0 Å². The van der Waals surface area contributed by atoms with Crippen LogP contribution in [0.15, 0.2) is 51.3 Å². The molecule has 0 amide bonds. The minimum absolute atomic E-state index is 0.0805. The van der Waals surface area contributed by atoms with Gasteiger partial charge in [0.15, 0.2) is 16.9 Å². The molecule has 34 heavy (non-hydrogen) atoms. The van der Waals surface area contributed by atoms with E-state index < -0.39 is 6.10 Å². The Bertz CT molecular complexity index is 1690. The predicted molar refractivity (Wildman–Crippen MR) is 131 cm³/mol. The number of benzene rings is 1. The van der Waals surface area contributed by atoms with Crippen LogP contribution in [0, 0.1) is 25.2 Å². The average Bonchev–Trinajstić information content (AvgIpc) is 3.30. The van der Waals surface area contributed by atoms with E-state index in [4.69, 9.17) is 20.8 Å². The van der Waals surface area contributed by atoms with E-state index in [1.165, 1.54) is 11.3 Å². The molecule has 0 fully saturated rings. The van der Waals surface area contributed by atoms with Gasteiger partial charge < -0.3 is 9.15 Å². The molecule has 7 nitrogen and oxygen atoms in total. The number of aryl methyl sites for hydroxylation is 1. The van der Waals surface area contributed by atoms with Crippen LogP contribution in [-0.2, 0) is 0 Å². The summed E-state index contributed by atoms with van der Waals surface area (Å²) in [6.07, 6.45) is 1.14. The second-order valence-electron chi connectivity index (χ2n) is 7.87. The van der Waals surface area contributed by atoms with Crippen LogP contribution in [0.1, 0.15) is 35.4 Å². The van der Waals surface area contributed by atoms with Gasteiger partial charge in [-0.2, -0.15) is 5.26 Å². The van der Waals surface area contributed by atoms with Gasteiger partial charge in [0.2, 0.25) is 0 Å². The SMILES string of the molecule is Cc1cc([C@@H](C)Oc2ccc(Cl)nc2C#N)c2oc(-c3cnc4scnc4c3)c(C)c(=O)c2c1. The van der Waals surface area contributed by atoms with Crippen molar-refractivity contribution in [3.8, 4) is 23.1 Å². The lowest BCUT2D eigenvalue weighted by atomic mass is 10.00. The minimum atomic E-state index is -0.546. The number of hydrogen-bond donors (Lipinski definition) is 0. The Morgan fingerprint density at radius 1 is 1.21 bits per heavy atom.